The van der Waals surface area contributed by atoms with E-state index in [1.54, 1.807) is 14.2 Å². The van der Waals surface area contributed by atoms with E-state index in [4.69, 9.17) is 19.7 Å². The van der Waals surface area contributed by atoms with Crippen LogP contribution in [0.3, 0.4) is 0 Å². The first kappa shape index (κ1) is 29.5. The van der Waals surface area contributed by atoms with Crippen LogP contribution in [0.2, 0.25) is 0 Å². The average Bonchev–Trinajstić information content (AvgIpc) is 2.71. The first-order valence-electron chi connectivity index (χ1n) is 10.8. The summed E-state index contributed by atoms with van der Waals surface area (Å²) in [6.07, 6.45) is 12.1. The number of hydrogen-bond donors (Lipinski definition) is 2. The highest BCUT2D eigenvalue weighted by atomic mass is 16.5. The maximum atomic E-state index is 8.87. The minimum Gasteiger partial charge on any atom is -0.392 e. The molecule has 28 heavy (non-hydrogen) atoms. The van der Waals surface area contributed by atoms with Gasteiger partial charge in [0.15, 0.2) is 0 Å². The van der Waals surface area contributed by atoms with E-state index >= 15 is 0 Å². The third-order valence-corrected chi connectivity index (χ3v) is 5.31. The fourth-order valence-corrected chi connectivity index (χ4v) is 2.88. The van der Waals surface area contributed by atoms with Gasteiger partial charge in [0, 0.05) is 14.2 Å². The number of aliphatic hydroxyl groups is 2. The highest BCUT2D eigenvalue weighted by molar-refractivity contribution is 5.01. The Kier molecular flexibility index (Phi) is 19.4. The van der Waals surface area contributed by atoms with Crippen molar-refractivity contribution in [2.45, 2.75) is 98.2 Å². The number of ether oxygens (including phenoxy) is 2. The van der Waals surface area contributed by atoms with E-state index in [9.17, 15) is 0 Å². The van der Waals surface area contributed by atoms with Crippen LogP contribution in [0.5, 0.6) is 0 Å². The summed E-state index contributed by atoms with van der Waals surface area (Å²) < 4.78 is 10.9. The molecule has 3 unspecified atom stereocenters. The smallest absolute Gasteiger partial charge is 0.0685 e. The van der Waals surface area contributed by atoms with Crippen LogP contribution < -0.4 is 0 Å². The fourth-order valence-electron chi connectivity index (χ4n) is 2.88. The van der Waals surface area contributed by atoms with Crippen LogP contribution >= 0.6 is 0 Å². The average molecular weight is 401 g/mol. The predicted molar refractivity (Wildman–Crippen MR) is 121 cm³/mol. The van der Waals surface area contributed by atoms with Crippen molar-refractivity contribution in [1.82, 2.24) is 0 Å². The minimum atomic E-state index is -0.0631. The Balaban J connectivity index is 0. The lowest BCUT2D eigenvalue weighted by Crippen LogP contribution is -2.26. The van der Waals surface area contributed by atoms with Crippen molar-refractivity contribution in [2.24, 2.45) is 5.92 Å². The summed E-state index contributed by atoms with van der Waals surface area (Å²) >= 11 is 0. The third kappa shape index (κ3) is 15.3. The van der Waals surface area contributed by atoms with Crippen molar-refractivity contribution in [3.05, 3.63) is 23.3 Å². The molecule has 0 saturated carbocycles. The Labute approximate surface area is 175 Å². The molecule has 0 aliphatic heterocycles. The maximum Gasteiger partial charge on any atom is 0.0685 e. The van der Waals surface area contributed by atoms with Gasteiger partial charge in [0.2, 0.25) is 0 Å². The molecule has 0 radical (unpaired) electrons. The molecule has 0 saturated heterocycles. The number of hydrogen-bond acceptors (Lipinski definition) is 4. The van der Waals surface area contributed by atoms with E-state index in [0.29, 0.717) is 5.92 Å². The molecule has 168 valence electrons. The zero-order valence-corrected chi connectivity index (χ0v) is 19.9. The van der Waals surface area contributed by atoms with Gasteiger partial charge >= 0.3 is 0 Å². The van der Waals surface area contributed by atoms with Crippen LogP contribution in [-0.4, -0.2) is 49.4 Å². The number of rotatable bonds is 14. The normalized spacial score (nSPS) is 16.8. The molecular formula is C24H48O4. The Bertz CT molecular complexity index is 417. The van der Waals surface area contributed by atoms with E-state index in [2.05, 4.69) is 39.8 Å². The van der Waals surface area contributed by atoms with Gasteiger partial charge in [-0.25, -0.2) is 0 Å². The summed E-state index contributed by atoms with van der Waals surface area (Å²) in [5.41, 5.74) is 1.98. The van der Waals surface area contributed by atoms with Gasteiger partial charge < -0.3 is 19.7 Å². The summed E-state index contributed by atoms with van der Waals surface area (Å²) in [4.78, 5) is 0. The molecule has 4 nitrogen and oxygen atoms in total. The van der Waals surface area contributed by atoms with Crippen molar-refractivity contribution in [3.63, 3.8) is 0 Å². The monoisotopic (exact) mass is 400 g/mol. The molecule has 0 aromatic carbocycles. The Hall–Kier alpha value is -0.680. The second-order valence-corrected chi connectivity index (χ2v) is 8.15. The number of methoxy groups -OCH3 is 2. The SMILES string of the molecule is CCCC(C)C(CC=C(C)CO)OC.CCCCC(C)(CC=C(C)CO)OC. The molecule has 2 N–H and O–H groups in total. The number of aliphatic hydroxyl groups excluding tert-OH is 2. The van der Waals surface area contributed by atoms with Gasteiger partial charge in [0.05, 0.1) is 24.9 Å². The van der Waals surface area contributed by atoms with E-state index in [1.165, 1.54) is 25.7 Å². The molecule has 4 heteroatoms. The molecule has 0 bridgehead atoms. The summed E-state index contributed by atoms with van der Waals surface area (Å²) in [5.74, 6) is 0.591. The Morgan fingerprint density at radius 1 is 1.00 bits per heavy atom. The molecular weight excluding hydrogens is 352 g/mol. The lowest BCUT2D eigenvalue weighted by atomic mass is 9.94. The summed E-state index contributed by atoms with van der Waals surface area (Å²) in [6.45, 7) is 12.9. The second-order valence-electron chi connectivity index (χ2n) is 8.15. The predicted octanol–water partition coefficient (Wildman–Crippen LogP) is 5.68. The highest BCUT2D eigenvalue weighted by Crippen LogP contribution is 2.23. The molecule has 0 aromatic rings. The minimum absolute atomic E-state index is 0.0631. The van der Waals surface area contributed by atoms with Gasteiger partial charge in [0.1, 0.15) is 0 Å². The van der Waals surface area contributed by atoms with Gasteiger partial charge in [0.25, 0.3) is 0 Å². The van der Waals surface area contributed by atoms with Crippen molar-refractivity contribution in [1.29, 1.82) is 0 Å². The maximum absolute atomic E-state index is 8.87. The highest BCUT2D eigenvalue weighted by Gasteiger charge is 2.21. The van der Waals surface area contributed by atoms with Crippen LogP contribution in [0.4, 0.5) is 0 Å². The first-order valence-corrected chi connectivity index (χ1v) is 10.8. The van der Waals surface area contributed by atoms with E-state index in [1.807, 2.05) is 13.8 Å². The molecule has 0 spiro atoms. The van der Waals surface area contributed by atoms with Crippen LogP contribution in [0.25, 0.3) is 0 Å². The van der Waals surface area contributed by atoms with E-state index in [0.717, 1.165) is 30.4 Å². The second kappa shape index (κ2) is 18.4. The zero-order chi connectivity index (χ0) is 22.0. The van der Waals surface area contributed by atoms with Gasteiger partial charge in [-0.05, 0) is 52.4 Å². The standard InChI is InChI=1S/2C12H24O2/c1-5-6-11(3)12(14-4)8-7-10(2)9-13;1-5-6-8-12(3,14-4)9-7-11(2)10-13/h7,11-13H,5-6,8-9H2,1-4H3;7,13H,5-6,8-10H2,1-4H3. The van der Waals surface area contributed by atoms with Crippen molar-refractivity contribution in [3.8, 4) is 0 Å². The Morgan fingerprint density at radius 3 is 2.00 bits per heavy atom. The summed E-state index contributed by atoms with van der Waals surface area (Å²) in [7, 11) is 3.52. The van der Waals surface area contributed by atoms with Crippen LogP contribution in [-0.2, 0) is 9.47 Å². The van der Waals surface area contributed by atoms with E-state index in [-0.39, 0.29) is 24.9 Å². The molecule has 0 rings (SSSR count). The summed E-state index contributed by atoms with van der Waals surface area (Å²) in [5, 5.41) is 17.7. The van der Waals surface area contributed by atoms with Gasteiger partial charge in [-0.15, -0.1) is 0 Å². The van der Waals surface area contributed by atoms with Crippen molar-refractivity contribution in [2.75, 3.05) is 27.4 Å². The topological polar surface area (TPSA) is 58.9 Å². The van der Waals surface area contributed by atoms with Crippen LogP contribution in [0.15, 0.2) is 23.3 Å². The largest absolute Gasteiger partial charge is 0.392 e. The molecule has 0 fully saturated rings. The first-order chi connectivity index (χ1) is 13.2. The Morgan fingerprint density at radius 2 is 1.57 bits per heavy atom. The molecule has 0 amide bonds. The quantitative estimate of drug-likeness (QED) is 0.368. The molecule has 0 aliphatic rings. The molecule has 0 aromatic heterocycles. The van der Waals surface area contributed by atoms with Crippen molar-refractivity contribution >= 4 is 0 Å². The summed E-state index contributed by atoms with van der Waals surface area (Å²) in [6, 6.07) is 0. The van der Waals surface area contributed by atoms with Gasteiger partial charge in [-0.3, -0.25) is 0 Å². The lowest BCUT2D eigenvalue weighted by molar-refractivity contribution is -0.000417. The van der Waals surface area contributed by atoms with Gasteiger partial charge in [-0.1, -0.05) is 63.3 Å². The van der Waals surface area contributed by atoms with Crippen molar-refractivity contribution < 1.29 is 19.7 Å². The molecule has 0 heterocycles. The van der Waals surface area contributed by atoms with Crippen LogP contribution in [0.1, 0.15) is 86.5 Å². The lowest BCUT2D eigenvalue weighted by Gasteiger charge is -2.27. The number of unbranched alkanes of at least 4 members (excludes halogenated alkanes) is 1. The fraction of sp³-hybridized carbons (Fsp3) is 0.833. The zero-order valence-electron chi connectivity index (χ0n) is 19.9. The third-order valence-electron chi connectivity index (χ3n) is 5.31. The van der Waals surface area contributed by atoms with Gasteiger partial charge in [-0.2, -0.15) is 0 Å². The van der Waals surface area contributed by atoms with Crippen LogP contribution in [0, 0.1) is 5.92 Å². The van der Waals surface area contributed by atoms with E-state index < -0.39 is 0 Å². The molecule has 3 atom stereocenters. The molecule has 0 aliphatic carbocycles.